The molecule has 1 aromatic rings. The van der Waals surface area contributed by atoms with Crippen LogP contribution in [0.4, 0.5) is 0 Å². The second-order valence-electron chi connectivity index (χ2n) is 2.57. The molecule has 0 aliphatic rings. The predicted molar refractivity (Wildman–Crippen MR) is 49.1 cm³/mol. The van der Waals surface area contributed by atoms with E-state index < -0.39 is 0 Å². The van der Waals surface area contributed by atoms with Crippen molar-refractivity contribution >= 4 is 33.0 Å². The molecule has 1 rings (SSSR count). The Hall–Kier alpha value is 0.306. The molecular formula is C7H12Ge2. The molecule has 0 saturated heterocycles. The van der Waals surface area contributed by atoms with Crippen molar-refractivity contribution in [3.05, 3.63) is 35.9 Å². The van der Waals surface area contributed by atoms with E-state index in [1.54, 1.807) is 5.56 Å². The summed E-state index contributed by atoms with van der Waals surface area (Å²) in [6, 6.07) is 10.9. The Morgan fingerprint density at radius 3 is 1.89 bits per heavy atom. The zero-order valence-corrected chi connectivity index (χ0v) is 14.4. The predicted octanol–water partition coefficient (Wildman–Crippen LogP) is -0.584. The maximum atomic E-state index is 2.25. The molecule has 0 radical (unpaired) electrons. The van der Waals surface area contributed by atoms with Gasteiger partial charge in [-0.25, -0.2) is 0 Å². The molecule has 0 atom stereocenters. The molecule has 0 aliphatic heterocycles. The molecule has 0 heterocycles. The van der Waals surface area contributed by atoms with Crippen LogP contribution in [0, 0.1) is 0 Å². The monoisotopic (exact) mass is 244 g/mol. The van der Waals surface area contributed by atoms with Crippen molar-refractivity contribution in [3.63, 3.8) is 0 Å². The van der Waals surface area contributed by atoms with Crippen LogP contribution in [0.5, 0.6) is 0 Å². The van der Waals surface area contributed by atoms with Crippen molar-refractivity contribution < 1.29 is 0 Å². The minimum atomic E-state index is 1.01. The Kier molecular flexibility index (Phi) is 2.86. The van der Waals surface area contributed by atoms with Crippen molar-refractivity contribution in [1.29, 1.82) is 0 Å². The quantitative estimate of drug-likeness (QED) is 0.577. The Balaban J connectivity index is 2.85. The van der Waals surface area contributed by atoms with Crippen LogP contribution in [0.15, 0.2) is 30.3 Å². The topological polar surface area (TPSA) is 0 Å². The average Bonchev–Trinajstić information content (AvgIpc) is 1.90. The van der Waals surface area contributed by atoms with Gasteiger partial charge in [-0.1, -0.05) is 0 Å². The molecule has 0 spiro atoms. The summed E-state index contributed by atoms with van der Waals surface area (Å²) in [5, 5.41) is 0. The summed E-state index contributed by atoms with van der Waals surface area (Å²) < 4.78 is 1.03. The van der Waals surface area contributed by atoms with Crippen LogP contribution in [0.25, 0.3) is 0 Å². The summed E-state index contributed by atoms with van der Waals surface area (Å²) >= 11 is 2.02. The van der Waals surface area contributed by atoms with Gasteiger partial charge in [0, 0.05) is 0 Å². The standard InChI is InChI=1S/C7H12Ge2/c8-7(9)6-4-2-1-3-5-6/h1-5,7H,8-9H3. The van der Waals surface area contributed by atoms with Crippen LogP contribution in [0.3, 0.4) is 0 Å². The number of hydrogen-bond acceptors (Lipinski definition) is 0. The van der Waals surface area contributed by atoms with Gasteiger partial charge in [0.15, 0.2) is 0 Å². The fraction of sp³-hybridized carbons (Fsp3) is 0.143. The zero-order chi connectivity index (χ0) is 6.69. The van der Waals surface area contributed by atoms with Crippen molar-refractivity contribution in [1.82, 2.24) is 0 Å². The van der Waals surface area contributed by atoms with E-state index in [-0.39, 0.29) is 0 Å². The molecule has 0 saturated carbocycles. The van der Waals surface area contributed by atoms with Crippen LogP contribution < -0.4 is 0 Å². The van der Waals surface area contributed by atoms with E-state index in [1.165, 1.54) is 0 Å². The zero-order valence-electron chi connectivity index (χ0n) is 5.96. The van der Waals surface area contributed by atoms with Crippen molar-refractivity contribution in [2.45, 2.75) is 3.58 Å². The number of hydrogen-bond donors (Lipinski definition) is 0. The van der Waals surface area contributed by atoms with E-state index in [2.05, 4.69) is 30.3 Å². The molecule has 48 valence electrons. The SMILES string of the molecule is [GeH3][CH]([GeH3])c1ccccc1. The van der Waals surface area contributed by atoms with Gasteiger partial charge in [-0.2, -0.15) is 0 Å². The fourth-order valence-electron chi connectivity index (χ4n) is 0.838. The summed E-state index contributed by atoms with van der Waals surface area (Å²) in [6.07, 6.45) is 0. The molecule has 9 heavy (non-hydrogen) atoms. The molecule has 0 amide bonds. The van der Waals surface area contributed by atoms with Gasteiger partial charge in [0.2, 0.25) is 0 Å². The first-order valence-corrected chi connectivity index (χ1v) is 8.20. The Bertz CT molecular complexity index is 170. The maximum absolute atomic E-state index is 2.25. The third-order valence-corrected chi connectivity index (χ3v) is 4.26. The summed E-state index contributed by atoms with van der Waals surface area (Å²) in [5.74, 6) is 0. The first-order valence-electron chi connectivity index (χ1n) is 3.35. The summed E-state index contributed by atoms with van der Waals surface area (Å²) in [6.45, 7) is 0. The van der Waals surface area contributed by atoms with Gasteiger partial charge in [-0.3, -0.25) is 0 Å². The Labute approximate surface area is 72.5 Å². The van der Waals surface area contributed by atoms with Gasteiger partial charge in [-0.15, -0.1) is 0 Å². The molecule has 0 N–H and O–H groups in total. The number of rotatable bonds is 1. The third kappa shape index (κ3) is 2.18. The second-order valence-corrected chi connectivity index (χ2v) is 20.0. The molecule has 0 nitrogen and oxygen atoms in total. The number of benzene rings is 1. The molecule has 0 aliphatic carbocycles. The second kappa shape index (κ2) is 3.47. The van der Waals surface area contributed by atoms with E-state index in [1.807, 2.05) is 0 Å². The van der Waals surface area contributed by atoms with E-state index >= 15 is 0 Å². The van der Waals surface area contributed by atoms with Crippen LogP contribution >= 0.6 is 0 Å². The molecule has 0 unspecified atom stereocenters. The van der Waals surface area contributed by atoms with Gasteiger partial charge in [-0.05, 0) is 0 Å². The minimum absolute atomic E-state index is 1.01. The molecule has 0 aromatic heterocycles. The Morgan fingerprint density at radius 1 is 1.00 bits per heavy atom. The summed E-state index contributed by atoms with van der Waals surface area (Å²) in [7, 11) is 0. The Morgan fingerprint density at radius 2 is 1.56 bits per heavy atom. The molecule has 1 aromatic carbocycles. The fourth-order valence-corrected chi connectivity index (χ4v) is 2.45. The van der Waals surface area contributed by atoms with Gasteiger partial charge < -0.3 is 0 Å². The van der Waals surface area contributed by atoms with E-state index in [0.29, 0.717) is 0 Å². The average molecular weight is 241 g/mol. The van der Waals surface area contributed by atoms with E-state index in [0.717, 1.165) is 36.6 Å². The van der Waals surface area contributed by atoms with Crippen LogP contribution in [-0.2, 0) is 0 Å². The van der Waals surface area contributed by atoms with Crippen molar-refractivity contribution in [2.75, 3.05) is 0 Å². The van der Waals surface area contributed by atoms with E-state index in [4.69, 9.17) is 0 Å². The normalized spacial score (nSPS) is 13.8. The molecule has 2 heteroatoms. The van der Waals surface area contributed by atoms with Crippen LogP contribution in [0.2, 0.25) is 0 Å². The van der Waals surface area contributed by atoms with Crippen molar-refractivity contribution in [2.24, 2.45) is 0 Å². The van der Waals surface area contributed by atoms with E-state index in [9.17, 15) is 0 Å². The first-order chi connectivity index (χ1) is 4.30. The van der Waals surface area contributed by atoms with Crippen LogP contribution in [0.1, 0.15) is 9.15 Å². The third-order valence-electron chi connectivity index (χ3n) is 1.47. The van der Waals surface area contributed by atoms with Crippen LogP contribution in [-0.4, -0.2) is 33.0 Å². The van der Waals surface area contributed by atoms with Gasteiger partial charge in [0.05, 0.1) is 0 Å². The molecule has 0 fully saturated rings. The first kappa shape index (κ1) is 7.41. The molecule has 0 bridgehead atoms. The summed E-state index contributed by atoms with van der Waals surface area (Å²) in [5.41, 5.74) is 1.58. The van der Waals surface area contributed by atoms with Gasteiger partial charge >= 0.3 is 72.5 Å². The van der Waals surface area contributed by atoms with Gasteiger partial charge in [0.25, 0.3) is 0 Å². The molecular weight excluding hydrogens is 229 g/mol. The van der Waals surface area contributed by atoms with Crippen molar-refractivity contribution in [3.8, 4) is 0 Å². The summed E-state index contributed by atoms with van der Waals surface area (Å²) in [4.78, 5) is 0. The van der Waals surface area contributed by atoms with Gasteiger partial charge in [0.1, 0.15) is 0 Å².